The fourth-order valence-corrected chi connectivity index (χ4v) is 0.284. The summed E-state index contributed by atoms with van der Waals surface area (Å²) < 4.78 is 0. The molecule has 6 heavy (non-hydrogen) atoms. The lowest BCUT2D eigenvalue weighted by Gasteiger charge is -1.99. The van der Waals surface area contributed by atoms with Gasteiger partial charge in [0.25, 0.3) is 0 Å². The second-order valence-corrected chi connectivity index (χ2v) is 0.963. The molecule has 1 rings (SSSR count). The van der Waals surface area contributed by atoms with E-state index in [4.69, 9.17) is 0 Å². The molecule has 2 N–H and O–H groups in total. The summed E-state index contributed by atoms with van der Waals surface area (Å²) in [6, 6.07) is 0. The average Bonchev–Trinajstić information content (AvgIpc) is 1.72. The quantitative estimate of drug-likeness (QED) is 0.375. The first-order chi connectivity index (χ1) is 3.00. The predicted molar refractivity (Wildman–Crippen MR) is 23.2 cm³/mol. The predicted octanol–water partition coefficient (Wildman–Crippen LogP) is -0.741. The van der Waals surface area contributed by atoms with E-state index < -0.39 is 0 Å². The van der Waals surface area contributed by atoms with E-state index in [0.29, 0.717) is 0 Å². The highest BCUT2D eigenvalue weighted by Gasteiger charge is 1.81. The van der Waals surface area contributed by atoms with Gasteiger partial charge in [-0.1, -0.05) is 11.8 Å². The van der Waals surface area contributed by atoms with Gasteiger partial charge in [-0.15, -0.1) is 0 Å². The van der Waals surface area contributed by atoms with Gasteiger partial charge in [-0.25, -0.2) is 10.9 Å². The van der Waals surface area contributed by atoms with E-state index in [2.05, 4.69) is 22.7 Å². The van der Waals surface area contributed by atoms with Crippen molar-refractivity contribution in [3.63, 3.8) is 0 Å². The van der Waals surface area contributed by atoms with Crippen molar-refractivity contribution in [2.24, 2.45) is 0 Å². The Hall–Kier alpha value is -0.520. The van der Waals surface area contributed by atoms with Gasteiger partial charge in [0.1, 0.15) is 6.54 Å². The summed E-state index contributed by atoms with van der Waals surface area (Å²) in [5.41, 5.74) is 5.54. The topological polar surface area (TPSA) is 24.1 Å². The normalized spacial score (nSPS) is 18.7. The van der Waals surface area contributed by atoms with Crippen LogP contribution in [0.15, 0.2) is 0 Å². The van der Waals surface area contributed by atoms with Gasteiger partial charge in [0.05, 0.1) is 6.54 Å². The van der Waals surface area contributed by atoms with Crippen LogP contribution in [0.2, 0.25) is 0 Å². The highest BCUT2D eigenvalue weighted by Crippen LogP contribution is 1.64. The molecular formula is C4H5N2. The van der Waals surface area contributed by atoms with Crippen LogP contribution in [0, 0.1) is 18.4 Å². The molecule has 0 saturated heterocycles. The molecule has 1 radical (unpaired) electrons. The smallest absolute Gasteiger partial charge is 0.110 e. The van der Waals surface area contributed by atoms with Crippen molar-refractivity contribution in [2.75, 3.05) is 6.54 Å². The van der Waals surface area contributed by atoms with Crippen LogP contribution < -0.4 is 10.9 Å². The Morgan fingerprint density at radius 3 is 2.83 bits per heavy atom. The van der Waals surface area contributed by atoms with Crippen molar-refractivity contribution in [3.05, 3.63) is 6.54 Å². The summed E-state index contributed by atoms with van der Waals surface area (Å²) in [7, 11) is 0. The molecule has 0 fully saturated rings. The molecule has 2 nitrogen and oxygen atoms in total. The lowest BCUT2D eigenvalue weighted by atomic mass is 10.5. The van der Waals surface area contributed by atoms with Crippen LogP contribution in [0.4, 0.5) is 0 Å². The van der Waals surface area contributed by atoms with Gasteiger partial charge in [-0.3, -0.25) is 0 Å². The SMILES string of the molecule is C1#CCNN[CH]1. The molecule has 0 amide bonds. The largest absolute Gasteiger partial charge is 0.245 e. The zero-order chi connectivity index (χ0) is 4.24. The summed E-state index contributed by atoms with van der Waals surface area (Å²) in [6.07, 6.45) is 0. The summed E-state index contributed by atoms with van der Waals surface area (Å²) in [5, 5.41) is 0. The van der Waals surface area contributed by atoms with E-state index in [1.54, 1.807) is 6.54 Å². The number of nitrogens with one attached hydrogen (secondary N) is 2. The van der Waals surface area contributed by atoms with Gasteiger partial charge >= 0.3 is 0 Å². The van der Waals surface area contributed by atoms with Crippen LogP contribution in [0.3, 0.4) is 0 Å². The van der Waals surface area contributed by atoms with Crippen molar-refractivity contribution < 1.29 is 0 Å². The van der Waals surface area contributed by atoms with Crippen molar-refractivity contribution in [3.8, 4) is 11.8 Å². The molecule has 0 bridgehead atoms. The third-order valence-corrected chi connectivity index (χ3v) is 0.525. The van der Waals surface area contributed by atoms with E-state index in [1.807, 2.05) is 0 Å². The highest BCUT2D eigenvalue weighted by molar-refractivity contribution is 5.11. The van der Waals surface area contributed by atoms with Gasteiger partial charge in [-0.05, 0) is 0 Å². The fraction of sp³-hybridized carbons (Fsp3) is 0.250. The first kappa shape index (κ1) is 3.66. The Bertz CT molecular complexity index is 77.5. The molecular weight excluding hydrogens is 76.1 g/mol. The first-order valence-corrected chi connectivity index (χ1v) is 1.78. The number of hydrogen-bond donors (Lipinski definition) is 2. The lowest BCUT2D eigenvalue weighted by molar-refractivity contribution is 0.656. The molecule has 0 aromatic heterocycles. The van der Waals surface area contributed by atoms with E-state index in [9.17, 15) is 0 Å². The Labute approximate surface area is 36.9 Å². The number of rotatable bonds is 0. The van der Waals surface area contributed by atoms with E-state index in [-0.39, 0.29) is 0 Å². The molecule has 0 atom stereocenters. The standard InChI is InChI=1S/C4H5N2/c1-2-4-6-5-3-1/h3,5-6H,4H2. The van der Waals surface area contributed by atoms with Crippen LogP contribution >= 0.6 is 0 Å². The Kier molecular flexibility index (Phi) is 1.10. The maximum Gasteiger partial charge on any atom is 0.110 e. The minimum absolute atomic E-state index is 0.747. The highest BCUT2D eigenvalue weighted by atomic mass is 15.3. The molecule has 0 saturated carbocycles. The lowest BCUT2D eigenvalue weighted by Crippen LogP contribution is -2.31. The van der Waals surface area contributed by atoms with Gasteiger partial charge < -0.3 is 0 Å². The van der Waals surface area contributed by atoms with E-state index in [1.165, 1.54) is 0 Å². The molecule has 31 valence electrons. The molecule has 1 aliphatic rings. The number of hydrazine groups is 1. The van der Waals surface area contributed by atoms with Gasteiger partial charge in [0, 0.05) is 0 Å². The first-order valence-electron chi connectivity index (χ1n) is 1.78. The third kappa shape index (κ3) is 0.713. The molecule has 2 heteroatoms. The summed E-state index contributed by atoms with van der Waals surface area (Å²) in [6.45, 7) is 2.42. The van der Waals surface area contributed by atoms with Gasteiger partial charge in [-0.2, -0.15) is 0 Å². The minimum Gasteiger partial charge on any atom is -0.245 e. The van der Waals surface area contributed by atoms with E-state index >= 15 is 0 Å². The fourth-order valence-electron chi connectivity index (χ4n) is 0.284. The van der Waals surface area contributed by atoms with Crippen LogP contribution in [0.25, 0.3) is 0 Å². The van der Waals surface area contributed by atoms with Crippen LogP contribution in [0.1, 0.15) is 0 Å². The zero-order valence-electron chi connectivity index (χ0n) is 3.28. The monoisotopic (exact) mass is 81.0 g/mol. The van der Waals surface area contributed by atoms with Crippen molar-refractivity contribution >= 4 is 0 Å². The van der Waals surface area contributed by atoms with E-state index in [0.717, 1.165) is 6.54 Å². The van der Waals surface area contributed by atoms with Crippen molar-refractivity contribution in [1.82, 2.24) is 10.9 Å². The molecule has 1 aliphatic heterocycles. The Morgan fingerprint density at radius 2 is 2.67 bits per heavy atom. The van der Waals surface area contributed by atoms with Gasteiger partial charge in [0.15, 0.2) is 0 Å². The summed E-state index contributed by atoms with van der Waals surface area (Å²) in [4.78, 5) is 0. The average molecular weight is 81.1 g/mol. The maximum atomic E-state index is 2.81. The second-order valence-electron chi connectivity index (χ2n) is 0.963. The van der Waals surface area contributed by atoms with Gasteiger partial charge in [0.2, 0.25) is 0 Å². The van der Waals surface area contributed by atoms with Crippen molar-refractivity contribution in [2.45, 2.75) is 0 Å². The van der Waals surface area contributed by atoms with Crippen LogP contribution in [-0.2, 0) is 0 Å². The van der Waals surface area contributed by atoms with Crippen molar-refractivity contribution in [1.29, 1.82) is 0 Å². The van der Waals surface area contributed by atoms with Crippen LogP contribution in [-0.4, -0.2) is 6.54 Å². The molecule has 0 aromatic rings. The minimum atomic E-state index is 0.747. The second kappa shape index (κ2) is 1.81. The molecule has 1 heterocycles. The zero-order valence-corrected chi connectivity index (χ0v) is 3.28. The number of hydrogen-bond acceptors (Lipinski definition) is 2. The Morgan fingerprint density at radius 1 is 1.67 bits per heavy atom. The summed E-state index contributed by atoms with van der Waals surface area (Å²) in [5.74, 6) is 5.54. The Balaban J connectivity index is 2.36. The maximum absolute atomic E-state index is 2.81. The molecule has 0 spiro atoms. The molecule has 0 aliphatic carbocycles. The summed E-state index contributed by atoms with van der Waals surface area (Å²) >= 11 is 0. The van der Waals surface area contributed by atoms with Crippen LogP contribution in [0.5, 0.6) is 0 Å². The molecule has 0 unspecified atom stereocenters. The molecule has 0 aromatic carbocycles. The third-order valence-electron chi connectivity index (χ3n) is 0.525.